The number of nitrogens with zero attached hydrogens (tertiary/aromatic N) is 1. The molecule has 0 aliphatic carbocycles. The number of hydrogen-bond donors (Lipinski definition) is 0. The van der Waals surface area contributed by atoms with E-state index in [2.05, 4.69) is 60.4 Å². The predicted octanol–water partition coefficient (Wildman–Crippen LogP) is 4.71. The second-order valence-electron chi connectivity index (χ2n) is 6.77. The summed E-state index contributed by atoms with van der Waals surface area (Å²) < 4.78 is 5.83. The van der Waals surface area contributed by atoms with Crippen LogP contribution in [0.2, 0.25) is 5.02 Å². The summed E-state index contributed by atoms with van der Waals surface area (Å²) in [6.45, 7) is 4.72. The zero-order valence-corrected chi connectivity index (χ0v) is 14.7. The molecular formula is C21H22ClNO. The van der Waals surface area contributed by atoms with Gasteiger partial charge in [0.15, 0.2) is 0 Å². The minimum Gasteiger partial charge on any atom is -0.378 e. The Hall–Kier alpha value is -1.61. The summed E-state index contributed by atoms with van der Waals surface area (Å²) in [7, 11) is 0. The number of hydrogen-bond acceptors (Lipinski definition) is 2. The SMILES string of the molecule is Cc1ccc(Cl)cc1C1=CC2COCC(C1)N2Cc1ccccc1. The van der Waals surface area contributed by atoms with Gasteiger partial charge in [0.05, 0.1) is 19.3 Å². The van der Waals surface area contributed by atoms with E-state index in [1.165, 1.54) is 22.3 Å². The summed E-state index contributed by atoms with van der Waals surface area (Å²) in [5, 5.41) is 0.810. The second-order valence-corrected chi connectivity index (χ2v) is 7.21. The van der Waals surface area contributed by atoms with Crippen LogP contribution in [-0.4, -0.2) is 30.2 Å². The minimum absolute atomic E-state index is 0.339. The van der Waals surface area contributed by atoms with Gasteiger partial charge in [0.1, 0.15) is 0 Å². The quantitative estimate of drug-likeness (QED) is 0.803. The highest BCUT2D eigenvalue weighted by atomic mass is 35.5. The Morgan fingerprint density at radius 2 is 1.96 bits per heavy atom. The Bertz CT molecular complexity index is 756. The number of benzene rings is 2. The lowest BCUT2D eigenvalue weighted by Crippen LogP contribution is -2.53. The fraction of sp³-hybridized carbons (Fsp3) is 0.333. The maximum atomic E-state index is 6.23. The molecular weight excluding hydrogens is 318 g/mol. The second kappa shape index (κ2) is 6.72. The number of aryl methyl sites for hydroxylation is 1. The molecule has 2 aliphatic heterocycles. The Labute approximate surface area is 148 Å². The monoisotopic (exact) mass is 339 g/mol. The summed E-state index contributed by atoms with van der Waals surface area (Å²) in [5.41, 5.74) is 5.36. The summed E-state index contributed by atoms with van der Waals surface area (Å²) >= 11 is 6.23. The number of fused-ring (bicyclic) bond motifs is 2. The van der Waals surface area contributed by atoms with Crippen molar-refractivity contribution in [3.8, 4) is 0 Å². The van der Waals surface area contributed by atoms with Crippen molar-refractivity contribution in [1.29, 1.82) is 0 Å². The molecule has 1 fully saturated rings. The highest BCUT2D eigenvalue weighted by molar-refractivity contribution is 6.30. The number of ether oxygens (including phenoxy) is 1. The molecule has 24 heavy (non-hydrogen) atoms. The van der Waals surface area contributed by atoms with E-state index >= 15 is 0 Å². The van der Waals surface area contributed by atoms with Gasteiger partial charge in [0, 0.05) is 17.6 Å². The zero-order valence-electron chi connectivity index (χ0n) is 13.9. The summed E-state index contributed by atoms with van der Waals surface area (Å²) in [6, 6.07) is 17.7. The molecule has 2 atom stereocenters. The van der Waals surface area contributed by atoms with E-state index in [0.29, 0.717) is 12.1 Å². The third kappa shape index (κ3) is 3.14. The third-order valence-corrected chi connectivity index (χ3v) is 5.33. The van der Waals surface area contributed by atoms with Crippen molar-refractivity contribution in [2.45, 2.75) is 32.0 Å². The molecule has 1 saturated heterocycles. The Morgan fingerprint density at radius 1 is 1.12 bits per heavy atom. The number of morpholine rings is 1. The highest BCUT2D eigenvalue weighted by Gasteiger charge is 2.35. The van der Waals surface area contributed by atoms with Gasteiger partial charge < -0.3 is 4.74 Å². The highest BCUT2D eigenvalue weighted by Crippen LogP contribution is 2.35. The first-order valence-electron chi connectivity index (χ1n) is 8.55. The van der Waals surface area contributed by atoms with Crippen LogP contribution < -0.4 is 0 Å². The third-order valence-electron chi connectivity index (χ3n) is 5.10. The lowest BCUT2D eigenvalue weighted by molar-refractivity contribution is -0.0402. The summed E-state index contributed by atoms with van der Waals surface area (Å²) in [6.07, 6.45) is 3.40. The lowest BCUT2D eigenvalue weighted by Gasteiger charge is -2.45. The average molecular weight is 340 g/mol. The van der Waals surface area contributed by atoms with Crippen molar-refractivity contribution in [2.75, 3.05) is 13.2 Å². The van der Waals surface area contributed by atoms with E-state index in [4.69, 9.17) is 16.3 Å². The van der Waals surface area contributed by atoms with Crippen molar-refractivity contribution >= 4 is 17.2 Å². The van der Waals surface area contributed by atoms with Crippen LogP contribution in [0.25, 0.3) is 5.57 Å². The number of rotatable bonds is 3. The molecule has 2 heterocycles. The van der Waals surface area contributed by atoms with Crippen LogP contribution in [0.1, 0.15) is 23.1 Å². The van der Waals surface area contributed by atoms with Crippen LogP contribution in [0, 0.1) is 6.92 Å². The van der Waals surface area contributed by atoms with Crippen LogP contribution >= 0.6 is 11.6 Å². The number of halogens is 1. The molecule has 2 nitrogen and oxygen atoms in total. The first-order chi connectivity index (χ1) is 11.7. The molecule has 3 heteroatoms. The van der Waals surface area contributed by atoms with Crippen LogP contribution in [-0.2, 0) is 11.3 Å². The van der Waals surface area contributed by atoms with Crippen LogP contribution in [0.4, 0.5) is 0 Å². The van der Waals surface area contributed by atoms with Gasteiger partial charge in [-0.3, -0.25) is 4.90 Å². The van der Waals surface area contributed by atoms with Gasteiger partial charge in [-0.25, -0.2) is 0 Å². The van der Waals surface area contributed by atoms with Gasteiger partial charge in [-0.05, 0) is 47.7 Å². The molecule has 2 aromatic rings. The Kier molecular flexibility index (Phi) is 4.45. The van der Waals surface area contributed by atoms with E-state index in [-0.39, 0.29) is 0 Å². The molecule has 2 unspecified atom stereocenters. The maximum Gasteiger partial charge on any atom is 0.0658 e. The van der Waals surface area contributed by atoms with E-state index < -0.39 is 0 Å². The summed E-state index contributed by atoms with van der Waals surface area (Å²) in [5.74, 6) is 0. The Morgan fingerprint density at radius 3 is 2.75 bits per heavy atom. The fourth-order valence-corrected chi connectivity index (χ4v) is 4.01. The van der Waals surface area contributed by atoms with Crippen LogP contribution in [0.3, 0.4) is 0 Å². The molecule has 0 aromatic heterocycles. The predicted molar refractivity (Wildman–Crippen MR) is 99.2 cm³/mol. The van der Waals surface area contributed by atoms with E-state index in [1.807, 2.05) is 6.07 Å². The molecule has 0 spiro atoms. The zero-order chi connectivity index (χ0) is 16.5. The fourth-order valence-electron chi connectivity index (χ4n) is 3.84. The van der Waals surface area contributed by atoms with Crippen molar-refractivity contribution in [3.05, 3.63) is 76.3 Å². The molecule has 0 N–H and O–H groups in total. The van der Waals surface area contributed by atoms with Crippen LogP contribution in [0.15, 0.2) is 54.6 Å². The van der Waals surface area contributed by atoms with E-state index in [1.54, 1.807) is 0 Å². The van der Waals surface area contributed by atoms with Gasteiger partial charge in [0.2, 0.25) is 0 Å². The molecule has 0 saturated carbocycles. The van der Waals surface area contributed by atoms with Gasteiger partial charge in [-0.2, -0.15) is 0 Å². The molecule has 2 aromatic carbocycles. The smallest absolute Gasteiger partial charge is 0.0658 e. The minimum atomic E-state index is 0.339. The van der Waals surface area contributed by atoms with Gasteiger partial charge >= 0.3 is 0 Å². The normalized spacial score (nSPS) is 23.8. The molecule has 124 valence electrons. The molecule has 0 radical (unpaired) electrons. The van der Waals surface area contributed by atoms with Gasteiger partial charge in [0.25, 0.3) is 0 Å². The van der Waals surface area contributed by atoms with E-state index in [0.717, 1.165) is 31.2 Å². The van der Waals surface area contributed by atoms with Crippen molar-refractivity contribution in [2.24, 2.45) is 0 Å². The van der Waals surface area contributed by atoms with Gasteiger partial charge in [-0.1, -0.05) is 54.1 Å². The van der Waals surface area contributed by atoms with E-state index in [9.17, 15) is 0 Å². The molecule has 0 amide bonds. The topological polar surface area (TPSA) is 12.5 Å². The summed E-state index contributed by atoms with van der Waals surface area (Å²) in [4.78, 5) is 2.59. The van der Waals surface area contributed by atoms with Crippen molar-refractivity contribution in [1.82, 2.24) is 4.90 Å². The molecule has 2 aliphatic rings. The lowest BCUT2D eigenvalue weighted by atomic mass is 9.87. The Balaban J connectivity index is 1.63. The molecule has 4 rings (SSSR count). The van der Waals surface area contributed by atoms with Crippen molar-refractivity contribution < 1.29 is 4.74 Å². The standard InChI is InChI=1S/C21H22ClNO/c1-15-7-8-18(22)11-21(15)17-9-19-13-24-14-20(10-17)23(19)12-16-5-3-2-4-6-16/h2-9,11,19-20H,10,12-14H2,1H3. The molecule has 2 bridgehead atoms. The van der Waals surface area contributed by atoms with Crippen molar-refractivity contribution in [3.63, 3.8) is 0 Å². The maximum absolute atomic E-state index is 6.23. The first kappa shape index (κ1) is 15.9. The first-order valence-corrected chi connectivity index (χ1v) is 8.93. The largest absolute Gasteiger partial charge is 0.378 e. The van der Waals surface area contributed by atoms with Gasteiger partial charge in [-0.15, -0.1) is 0 Å². The van der Waals surface area contributed by atoms with Crippen LogP contribution in [0.5, 0.6) is 0 Å². The average Bonchev–Trinajstić information content (AvgIpc) is 2.58.